The molecule has 1 fully saturated rings. The van der Waals surface area contributed by atoms with E-state index in [1.54, 1.807) is 6.92 Å². The van der Waals surface area contributed by atoms with Gasteiger partial charge < -0.3 is 9.64 Å². The van der Waals surface area contributed by atoms with E-state index in [4.69, 9.17) is 4.74 Å². The molecule has 1 atom stereocenters. The van der Waals surface area contributed by atoms with Crippen molar-refractivity contribution in [1.82, 2.24) is 4.90 Å². The molecule has 1 amide bonds. The van der Waals surface area contributed by atoms with E-state index in [9.17, 15) is 9.59 Å². The smallest absolute Gasteiger partial charge is 0.306 e. The number of ether oxygens (including phenoxy) is 1. The zero-order chi connectivity index (χ0) is 11.3. The lowest BCUT2D eigenvalue weighted by molar-refractivity contribution is -0.145. The molecular formula is C11H19NO3. The van der Waals surface area contributed by atoms with Gasteiger partial charge in [-0.1, -0.05) is 0 Å². The van der Waals surface area contributed by atoms with Crippen LogP contribution in [-0.4, -0.2) is 36.5 Å². The minimum absolute atomic E-state index is 0.165. The van der Waals surface area contributed by atoms with Crippen LogP contribution >= 0.6 is 0 Å². The molecule has 1 heterocycles. The van der Waals surface area contributed by atoms with Gasteiger partial charge in [0.1, 0.15) is 0 Å². The van der Waals surface area contributed by atoms with Crippen LogP contribution in [0, 0.1) is 5.92 Å². The summed E-state index contributed by atoms with van der Waals surface area (Å²) in [6.45, 7) is 5.73. The first-order valence-electron chi connectivity index (χ1n) is 5.60. The molecule has 86 valence electrons. The molecule has 0 aromatic heterocycles. The molecule has 0 spiro atoms. The second-order valence-corrected chi connectivity index (χ2v) is 3.84. The zero-order valence-electron chi connectivity index (χ0n) is 9.49. The van der Waals surface area contributed by atoms with Crippen molar-refractivity contribution < 1.29 is 14.3 Å². The van der Waals surface area contributed by atoms with Crippen molar-refractivity contribution in [3.8, 4) is 0 Å². The zero-order valence-corrected chi connectivity index (χ0v) is 9.49. The van der Waals surface area contributed by atoms with Crippen molar-refractivity contribution in [3.63, 3.8) is 0 Å². The molecule has 0 N–H and O–H groups in total. The predicted molar refractivity (Wildman–Crippen MR) is 56.2 cm³/mol. The molecule has 0 saturated carbocycles. The summed E-state index contributed by atoms with van der Waals surface area (Å²) >= 11 is 0. The van der Waals surface area contributed by atoms with Crippen LogP contribution in [0.5, 0.6) is 0 Å². The SMILES string of the molecule is CCOC(=O)CC1CCN(CC)C(=O)C1. The molecule has 0 aliphatic carbocycles. The van der Waals surface area contributed by atoms with E-state index in [1.165, 1.54) is 0 Å². The third kappa shape index (κ3) is 3.53. The summed E-state index contributed by atoms with van der Waals surface area (Å²) in [5.41, 5.74) is 0. The van der Waals surface area contributed by atoms with Crippen LogP contribution in [0.3, 0.4) is 0 Å². The minimum Gasteiger partial charge on any atom is -0.466 e. The third-order valence-electron chi connectivity index (χ3n) is 2.77. The van der Waals surface area contributed by atoms with Crippen LogP contribution in [0.15, 0.2) is 0 Å². The average Bonchev–Trinajstić information content (AvgIpc) is 2.18. The first kappa shape index (κ1) is 12.0. The second kappa shape index (κ2) is 5.73. The Kier molecular flexibility index (Phi) is 4.59. The number of hydrogen-bond donors (Lipinski definition) is 0. The molecule has 0 aromatic rings. The minimum atomic E-state index is -0.180. The van der Waals surface area contributed by atoms with Crippen LogP contribution in [-0.2, 0) is 14.3 Å². The Bertz CT molecular complexity index is 238. The predicted octanol–water partition coefficient (Wildman–Crippen LogP) is 1.20. The molecule has 1 aliphatic heterocycles. The maximum atomic E-state index is 11.5. The van der Waals surface area contributed by atoms with Crippen LogP contribution in [0.25, 0.3) is 0 Å². The highest BCUT2D eigenvalue weighted by atomic mass is 16.5. The van der Waals surface area contributed by atoms with Crippen molar-refractivity contribution in [2.45, 2.75) is 33.1 Å². The molecule has 15 heavy (non-hydrogen) atoms. The number of hydrogen-bond acceptors (Lipinski definition) is 3. The Morgan fingerprint density at radius 3 is 2.80 bits per heavy atom. The first-order chi connectivity index (χ1) is 7.17. The normalized spacial score (nSPS) is 21.6. The Morgan fingerprint density at radius 2 is 2.27 bits per heavy atom. The molecule has 0 bridgehead atoms. The Morgan fingerprint density at radius 1 is 1.53 bits per heavy atom. The molecule has 0 aromatic carbocycles. The lowest BCUT2D eigenvalue weighted by Gasteiger charge is -2.30. The highest BCUT2D eigenvalue weighted by Gasteiger charge is 2.26. The van der Waals surface area contributed by atoms with Crippen molar-refractivity contribution in [2.75, 3.05) is 19.7 Å². The van der Waals surface area contributed by atoms with Gasteiger partial charge in [-0.25, -0.2) is 0 Å². The molecule has 4 nitrogen and oxygen atoms in total. The van der Waals surface area contributed by atoms with Crippen molar-refractivity contribution in [1.29, 1.82) is 0 Å². The van der Waals surface area contributed by atoms with Gasteiger partial charge in [-0.3, -0.25) is 9.59 Å². The summed E-state index contributed by atoms with van der Waals surface area (Å²) in [5, 5.41) is 0. The molecule has 1 unspecified atom stereocenters. The molecule has 0 radical (unpaired) electrons. The van der Waals surface area contributed by atoms with Crippen molar-refractivity contribution in [3.05, 3.63) is 0 Å². The van der Waals surface area contributed by atoms with Crippen molar-refractivity contribution >= 4 is 11.9 Å². The molecule has 1 saturated heterocycles. The van der Waals surface area contributed by atoms with E-state index in [0.29, 0.717) is 19.4 Å². The number of rotatable bonds is 4. The molecule has 1 aliphatic rings. The number of esters is 1. The van der Waals surface area contributed by atoms with E-state index in [0.717, 1.165) is 19.5 Å². The molecular weight excluding hydrogens is 194 g/mol. The summed E-state index contributed by atoms with van der Waals surface area (Å²) in [6.07, 6.45) is 1.79. The largest absolute Gasteiger partial charge is 0.466 e. The number of carbonyl (C=O) groups excluding carboxylic acids is 2. The Balaban J connectivity index is 2.34. The highest BCUT2D eigenvalue weighted by Crippen LogP contribution is 2.21. The van der Waals surface area contributed by atoms with Crippen LogP contribution in [0.1, 0.15) is 33.1 Å². The van der Waals surface area contributed by atoms with Gasteiger partial charge >= 0.3 is 5.97 Å². The topological polar surface area (TPSA) is 46.6 Å². The fourth-order valence-electron chi connectivity index (χ4n) is 1.91. The standard InChI is InChI=1S/C11H19NO3/c1-3-12-6-5-9(7-10(12)13)8-11(14)15-4-2/h9H,3-8H2,1-2H3. The van der Waals surface area contributed by atoms with Crippen molar-refractivity contribution in [2.24, 2.45) is 5.92 Å². The lowest BCUT2D eigenvalue weighted by atomic mass is 9.93. The number of amides is 1. The lowest BCUT2D eigenvalue weighted by Crippen LogP contribution is -2.39. The maximum absolute atomic E-state index is 11.5. The molecule has 1 rings (SSSR count). The fourth-order valence-corrected chi connectivity index (χ4v) is 1.91. The number of carbonyl (C=O) groups is 2. The first-order valence-corrected chi connectivity index (χ1v) is 5.60. The Hall–Kier alpha value is -1.06. The average molecular weight is 213 g/mol. The summed E-state index contributed by atoms with van der Waals surface area (Å²) in [6, 6.07) is 0. The molecule has 4 heteroatoms. The Labute approximate surface area is 90.6 Å². The van der Waals surface area contributed by atoms with Gasteiger partial charge in [0.2, 0.25) is 5.91 Å². The quantitative estimate of drug-likeness (QED) is 0.659. The van der Waals surface area contributed by atoms with Crippen LogP contribution in [0.2, 0.25) is 0 Å². The third-order valence-corrected chi connectivity index (χ3v) is 2.77. The van der Waals surface area contributed by atoms with Gasteiger partial charge in [-0.15, -0.1) is 0 Å². The number of piperidine rings is 1. The van der Waals surface area contributed by atoms with Gasteiger partial charge in [-0.05, 0) is 26.2 Å². The summed E-state index contributed by atoms with van der Waals surface area (Å²) < 4.78 is 4.87. The van der Waals surface area contributed by atoms with Crippen LogP contribution < -0.4 is 0 Å². The van der Waals surface area contributed by atoms with Gasteiger partial charge in [0.25, 0.3) is 0 Å². The summed E-state index contributed by atoms with van der Waals surface area (Å²) in [4.78, 5) is 24.6. The second-order valence-electron chi connectivity index (χ2n) is 3.84. The fraction of sp³-hybridized carbons (Fsp3) is 0.818. The monoisotopic (exact) mass is 213 g/mol. The van der Waals surface area contributed by atoms with E-state index < -0.39 is 0 Å². The van der Waals surface area contributed by atoms with E-state index in [-0.39, 0.29) is 17.8 Å². The van der Waals surface area contributed by atoms with Gasteiger partial charge in [0.05, 0.1) is 6.61 Å². The van der Waals surface area contributed by atoms with Gasteiger partial charge in [-0.2, -0.15) is 0 Å². The van der Waals surface area contributed by atoms with Crippen LogP contribution in [0.4, 0.5) is 0 Å². The van der Waals surface area contributed by atoms with Gasteiger partial charge in [0.15, 0.2) is 0 Å². The highest BCUT2D eigenvalue weighted by molar-refractivity contribution is 5.78. The van der Waals surface area contributed by atoms with E-state index in [1.807, 2.05) is 11.8 Å². The van der Waals surface area contributed by atoms with Gasteiger partial charge in [0, 0.05) is 25.9 Å². The summed E-state index contributed by atoms with van der Waals surface area (Å²) in [5.74, 6) is 0.164. The van der Waals surface area contributed by atoms with E-state index in [2.05, 4.69) is 0 Å². The maximum Gasteiger partial charge on any atom is 0.306 e. The number of likely N-dealkylation sites (tertiary alicyclic amines) is 1. The summed E-state index contributed by atoms with van der Waals surface area (Å²) in [7, 11) is 0. The number of nitrogens with zero attached hydrogens (tertiary/aromatic N) is 1. The van der Waals surface area contributed by atoms with E-state index >= 15 is 0 Å².